The second kappa shape index (κ2) is 7.62. The van der Waals surface area contributed by atoms with Gasteiger partial charge in [-0.3, -0.25) is 14.5 Å². The van der Waals surface area contributed by atoms with Crippen molar-refractivity contribution in [2.45, 2.75) is 39.2 Å². The van der Waals surface area contributed by atoms with Crippen LogP contribution in [0.3, 0.4) is 0 Å². The third-order valence-corrected chi connectivity index (χ3v) is 6.89. The Hall–Kier alpha value is -2.11. The SMILES string of the molecule is CC1=C2[C@@H](CC/C(C)=C/c3ccc(O)cc3Cl)OC[C@@H]2[C@@H]2C(=O)N(C)C(=O)[C@@H]2C1. The molecule has 2 aliphatic heterocycles. The fourth-order valence-electron chi connectivity index (χ4n) is 5.12. The number of halogens is 1. The summed E-state index contributed by atoms with van der Waals surface area (Å²) < 4.78 is 6.11. The molecule has 4 atom stereocenters. The highest BCUT2D eigenvalue weighted by molar-refractivity contribution is 6.32. The Morgan fingerprint density at radius 2 is 2.07 bits per heavy atom. The molecule has 3 aliphatic rings. The van der Waals surface area contributed by atoms with Crippen LogP contribution in [0.15, 0.2) is 34.9 Å². The number of imide groups is 1. The van der Waals surface area contributed by atoms with E-state index in [-0.39, 0.29) is 41.4 Å². The fourth-order valence-corrected chi connectivity index (χ4v) is 5.35. The van der Waals surface area contributed by atoms with Crippen LogP contribution < -0.4 is 0 Å². The van der Waals surface area contributed by atoms with Crippen LogP contribution in [-0.2, 0) is 14.3 Å². The van der Waals surface area contributed by atoms with Gasteiger partial charge in [-0.05, 0) is 62.4 Å². The second-order valence-electron chi connectivity index (χ2n) is 8.47. The number of fused-ring (bicyclic) bond motifs is 3. The number of benzene rings is 1. The molecule has 1 aromatic carbocycles. The molecule has 4 rings (SSSR count). The highest BCUT2D eigenvalue weighted by Crippen LogP contribution is 2.49. The maximum atomic E-state index is 12.6. The predicted octanol–water partition coefficient (Wildman–Crippen LogP) is 4.20. The Balaban J connectivity index is 1.48. The molecule has 6 heteroatoms. The van der Waals surface area contributed by atoms with E-state index in [1.165, 1.54) is 27.7 Å². The van der Waals surface area contributed by atoms with Gasteiger partial charge in [0.15, 0.2) is 0 Å². The number of nitrogens with zero attached hydrogens (tertiary/aromatic N) is 1. The molecule has 0 bridgehead atoms. The van der Waals surface area contributed by atoms with Gasteiger partial charge in [-0.25, -0.2) is 0 Å². The van der Waals surface area contributed by atoms with E-state index in [0.29, 0.717) is 18.1 Å². The summed E-state index contributed by atoms with van der Waals surface area (Å²) in [6.45, 7) is 4.65. The molecule has 0 aromatic heterocycles. The number of phenols is 1. The van der Waals surface area contributed by atoms with Crippen molar-refractivity contribution in [3.05, 3.63) is 45.5 Å². The molecular weight excluding hydrogens is 390 g/mol. The van der Waals surface area contributed by atoms with Gasteiger partial charge in [0, 0.05) is 13.0 Å². The number of ether oxygens (including phenoxy) is 1. The normalized spacial score (nSPS) is 29.5. The van der Waals surface area contributed by atoms with Gasteiger partial charge < -0.3 is 9.84 Å². The van der Waals surface area contributed by atoms with Crippen molar-refractivity contribution in [2.24, 2.45) is 17.8 Å². The lowest BCUT2D eigenvalue weighted by Gasteiger charge is -2.30. The van der Waals surface area contributed by atoms with Crippen LogP contribution in [0.25, 0.3) is 6.08 Å². The van der Waals surface area contributed by atoms with Crippen molar-refractivity contribution >= 4 is 29.5 Å². The van der Waals surface area contributed by atoms with Crippen molar-refractivity contribution in [1.82, 2.24) is 4.90 Å². The van der Waals surface area contributed by atoms with E-state index in [2.05, 4.69) is 13.8 Å². The van der Waals surface area contributed by atoms with Gasteiger partial charge in [0.2, 0.25) is 11.8 Å². The number of likely N-dealkylation sites (tertiary alicyclic amines) is 1. The smallest absolute Gasteiger partial charge is 0.233 e. The fraction of sp³-hybridized carbons (Fsp3) is 0.478. The Kier molecular flexibility index (Phi) is 5.30. The monoisotopic (exact) mass is 415 g/mol. The van der Waals surface area contributed by atoms with Gasteiger partial charge in [-0.1, -0.05) is 28.8 Å². The average molecular weight is 416 g/mol. The number of rotatable bonds is 4. The van der Waals surface area contributed by atoms with E-state index in [9.17, 15) is 14.7 Å². The Bertz CT molecular complexity index is 935. The van der Waals surface area contributed by atoms with E-state index in [4.69, 9.17) is 16.3 Å². The Labute approximate surface area is 176 Å². The molecule has 1 N–H and O–H groups in total. The highest BCUT2D eigenvalue weighted by atomic mass is 35.5. The number of carbonyl (C=O) groups excluding carboxylic acids is 2. The second-order valence-corrected chi connectivity index (χ2v) is 8.88. The molecule has 0 saturated carbocycles. The lowest BCUT2D eigenvalue weighted by Crippen LogP contribution is -2.33. The van der Waals surface area contributed by atoms with Crippen LogP contribution >= 0.6 is 11.6 Å². The zero-order valence-corrected chi connectivity index (χ0v) is 17.7. The molecule has 29 heavy (non-hydrogen) atoms. The van der Waals surface area contributed by atoms with Crippen LogP contribution in [0, 0.1) is 17.8 Å². The first kappa shape index (κ1) is 20.2. The van der Waals surface area contributed by atoms with E-state index < -0.39 is 0 Å². The van der Waals surface area contributed by atoms with Crippen molar-refractivity contribution in [3.8, 4) is 5.75 Å². The van der Waals surface area contributed by atoms with Crippen LogP contribution in [0.2, 0.25) is 5.02 Å². The molecule has 2 fully saturated rings. The first-order chi connectivity index (χ1) is 13.8. The van der Waals surface area contributed by atoms with Crippen molar-refractivity contribution in [3.63, 3.8) is 0 Å². The number of carbonyl (C=O) groups is 2. The van der Waals surface area contributed by atoms with Gasteiger partial charge >= 0.3 is 0 Å². The van der Waals surface area contributed by atoms with E-state index in [1.807, 2.05) is 6.08 Å². The number of amides is 2. The lowest BCUT2D eigenvalue weighted by molar-refractivity contribution is -0.138. The molecule has 2 saturated heterocycles. The minimum atomic E-state index is -0.261. The number of hydrogen-bond donors (Lipinski definition) is 1. The van der Waals surface area contributed by atoms with Gasteiger partial charge in [0.1, 0.15) is 5.75 Å². The molecular formula is C23H26ClNO4. The number of aromatic hydroxyl groups is 1. The molecule has 1 aliphatic carbocycles. The Morgan fingerprint density at radius 3 is 2.79 bits per heavy atom. The zero-order valence-electron chi connectivity index (χ0n) is 16.9. The lowest BCUT2D eigenvalue weighted by atomic mass is 9.70. The maximum absolute atomic E-state index is 12.6. The summed E-state index contributed by atoms with van der Waals surface area (Å²) in [7, 11) is 1.59. The standard InChI is InChI=1S/C23H26ClNO4/c1-12(8-14-5-6-15(26)10-18(14)24)4-7-19-20-13(2)9-16-21(17(20)11-29-19)23(28)25(3)22(16)27/h5-6,8,10,16-17,19,21,26H,4,7,9,11H2,1-3H3/b12-8+/t16-,17+,19-,21-/m1/s1. The molecule has 5 nitrogen and oxygen atoms in total. The van der Waals surface area contributed by atoms with Crippen LogP contribution in [-0.4, -0.2) is 41.6 Å². The molecule has 0 unspecified atom stereocenters. The summed E-state index contributed by atoms with van der Waals surface area (Å²) in [4.78, 5) is 26.3. The average Bonchev–Trinajstić information content (AvgIpc) is 3.19. The quantitative estimate of drug-likeness (QED) is 0.591. The van der Waals surface area contributed by atoms with Gasteiger partial charge in [-0.2, -0.15) is 0 Å². The van der Waals surface area contributed by atoms with Gasteiger partial charge in [-0.15, -0.1) is 0 Å². The third kappa shape index (κ3) is 3.51. The van der Waals surface area contributed by atoms with E-state index >= 15 is 0 Å². The summed E-state index contributed by atoms with van der Waals surface area (Å²) in [5.41, 5.74) is 4.49. The van der Waals surface area contributed by atoms with Gasteiger partial charge in [0.25, 0.3) is 0 Å². The van der Waals surface area contributed by atoms with E-state index in [0.717, 1.165) is 18.4 Å². The zero-order chi connectivity index (χ0) is 20.9. The molecule has 1 aromatic rings. The number of allylic oxidation sites excluding steroid dienone is 2. The van der Waals surface area contributed by atoms with Gasteiger partial charge in [0.05, 0.1) is 29.6 Å². The largest absolute Gasteiger partial charge is 0.508 e. The summed E-state index contributed by atoms with van der Waals surface area (Å²) in [5.74, 6) is -0.413. The number of phenolic OH excluding ortho intramolecular Hbond substituents is 1. The summed E-state index contributed by atoms with van der Waals surface area (Å²) >= 11 is 6.20. The Morgan fingerprint density at radius 1 is 1.31 bits per heavy atom. The third-order valence-electron chi connectivity index (χ3n) is 6.56. The van der Waals surface area contributed by atoms with E-state index in [1.54, 1.807) is 19.2 Å². The minimum absolute atomic E-state index is 0.00611. The van der Waals surface area contributed by atoms with Crippen molar-refractivity contribution < 1.29 is 19.4 Å². The molecule has 2 amide bonds. The van der Waals surface area contributed by atoms with Crippen molar-refractivity contribution in [2.75, 3.05) is 13.7 Å². The highest BCUT2D eigenvalue weighted by Gasteiger charge is 2.55. The topological polar surface area (TPSA) is 66.8 Å². The first-order valence-corrected chi connectivity index (χ1v) is 10.4. The summed E-state index contributed by atoms with van der Waals surface area (Å²) in [6, 6.07) is 4.96. The first-order valence-electron chi connectivity index (χ1n) is 10.1. The summed E-state index contributed by atoms with van der Waals surface area (Å²) in [5, 5.41) is 10.0. The van der Waals surface area contributed by atoms with Crippen molar-refractivity contribution in [1.29, 1.82) is 0 Å². The van der Waals surface area contributed by atoms with Crippen LogP contribution in [0.1, 0.15) is 38.7 Å². The minimum Gasteiger partial charge on any atom is -0.508 e. The predicted molar refractivity (Wildman–Crippen MR) is 111 cm³/mol. The maximum Gasteiger partial charge on any atom is 0.233 e. The molecule has 0 radical (unpaired) electrons. The molecule has 2 heterocycles. The summed E-state index contributed by atoms with van der Waals surface area (Å²) in [6.07, 6.45) is 4.35. The van der Waals surface area contributed by atoms with Crippen LogP contribution in [0.4, 0.5) is 0 Å². The number of hydrogen-bond acceptors (Lipinski definition) is 4. The molecule has 0 spiro atoms. The van der Waals surface area contributed by atoms with Crippen LogP contribution in [0.5, 0.6) is 5.75 Å². The molecule has 154 valence electrons.